The Kier molecular flexibility index (Phi) is 2.64. The summed E-state index contributed by atoms with van der Waals surface area (Å²) in [6, 6.07) is 6.06. The number of aromatic nitrogens is 2. The van der Waals surface area contributed by atoms with Crippen LogP contribution in [0, 0.1) is 0 Å². The Bertz CT molecular complexity index is 554. The van der Waals surface area contributed by atoms with E-state index in [0.29, 0.717) is 4.47 Å². The van der Waals surface area contributed by atoms with Crippen molar-refractivity contribution in [3.63, 3.8) is 0 Å². The Morgan fingerprint density at radius 1 is 1.41 bits per heavy atom. The molecule has 1 aliphatic rings. The number of anilines is 2. The van der Waals surface area contributed by atoms with Crippen molar-refractivity contribution in [1.82, 2.24) is 10.2 Å². The molecule has 2 heterocycles. The number of nitrogens with zero attached hydrogens (tertiary/aromatic N) is 3. The molecule has 0 saturated heterocycles. The SMILES string of the molecule is Nc1cccc2c1N(Cc1nnc(Cl)s1)CC2. The molecule has 1 aromatic carbocycles. The van der Waals surface area contributed by atoms with E-state index >= 15 is 0 Å². The Morgan fingerprint density at radius 3 is 3.06 bits per heavy atom. The van der Waals surface area contributed by atoms with Crippen LogP contribution in [0.15, 0.2) is 18.2 Å². The van der Waals surface area contributed by atoms with Crippen molar-refractivity contribution >= 4 is 34.3 Å². The number of hydrogen-bond donors (Lipinski definition) is 1. The highest BCUT2D eigenvalue weighted by Gasteiger charge is 2.22. The Morgan fingerprint density at radius 2 is 2.29 bits per heavy atom. The minimum atomic E-state index is 0.487. The molecular formula is C11H11ClN4S. The molecular weight excluding hydrogens is 256 g/mol. The maximum atomic E-state index is 6.02. The van der Waals surface area contributed by atoms with Crippen molar-refractivity contribution in [2.24, 2.45) is 0 Å². The monoisotopic (exact) mass is 266 g/mol. The highest BCUT2D eigenvalue weighted by molar-refractivity contribution is 7.15. The summed E-state index contributed by atoms with van der Waals surface area (Å²) in [5.74, 6) is 0. The van der Waals surface area contributed by atoms with Crippen LogP contribution in [0.4, 0.5) is 11.4 Å². The largest absolute Gasteiger partial charge is 0.397 e. The number of hydrogen-bond acceptors (Lipinski definition) is 5. The van der Waals surface area contributed by atoms with Gasteiger partial charge in [-0.25, -0.2) is 0 Å². The van der Waals surface area contributed by atoms with Crippen LogP contribution in [0.25, 0.3) is 0 Å². The second-order valence-electron chi connectivity index (χ2n) is 3.98. The maximum absolute atomic E-state index is 6.02. The summed E-state index contributed by atoms with van der Waals surface area (Å²) >= 11 is 7.19. The predicted octanol–water partition coefficient (Wildman–Crippen LogP) is 2.34. The molecule has 0 atom stereocenters. The third-order valence-corrected chi connectivity index (χ3v) is 3.89. The van der Waals surface area contributed by atoms with Gasteiger partial charge in [0.25, 0.3) is 0 Å². The lowest BCUT2D eigenvalue weighted by molar-refractivity contribution is 0.817. The van der Waals surface area contributed by atoms with Gasteiger partial charge in [-0.3, -0.25) is 0 Å². The first-order valence-corrected chi connectivity index (χ1v) is 6.53. The molecule has 1 aliphatic heterocycles. The minimum absolute atomic E-state index is 0.487. The Balaban J connectivity index is 1.89. The third-order valence-electron chi connectivity index (χ3n) is 2.89. The summed E-state index contributed by atoms with van der Waals surface area (Å²) in [4.78, 5) is 2.24. The van der Waals surface area contributed by atoms with Gasteiger partial charge < -0.3 is 10.6 Å². The zero-order chi connectivity index (χ0) is 11.8. The van der Waals surface area contributed by atoms with Crippen molar-refractivity contribution in [3.05, 3.63) is 33.2 Å². The van der Waals surface area contributed by atoms with Crippen molar-refractivity contribution < 1.29 is 0 Å². The van der Waals surface area contributed by atoms with Gasteiger partial charge in [0.1, 0.15) is 5.01 Å². The summed E-state index contributed by atoms with van der Waals surface area (Å²) < 4.78 is 0.487. The van der Waals surface area contributed by atoms with E-state index in [-0.39, 0.29) is 0 Å². The van der Waals surface area contributed by atoms with E-state index < -0.39 is 0 Å². The van der Waals surface area contributed by atoms with Gasteiger partial charge in [0, 0.05) is 6.54 Å². The van der Waals surface area contributed by atoms with Crippen molar-refractivity contribution in [1.29, 1.82) is 0 Å². The predicted molar refractivity (Wildman–Crippen MR) is 70.5 cm³/mol. The van der Waals surface area contributed by atoms with E-state index in [1.54, 1.807) is 0 Å². The summed E-state index contributed by atoms with van der Waals surface area (Å²) in [6.07, 6.45) is 1.03. The summed E-state index contributed by atoms with van der Waals surface area (Å²) in [7, 11) is 0. The minimum Gasteiger partial charge on any atom is -0.397 e. The fourth-order valence-corrected chi connectivity index (χ4v) is 3.07. The number of nitrogen functional groups attached to an aromatic ring is 1. The standard InChI is InChI=1S/C11H11ClN4S/c12-11-15-14-9(17-11)6-16-5-4-7-2-1-3-8(13)10(7)16/h1-3H,4-6,13H2. The van der Waals surface area contributed by atoms with Crippen LogP contribution in [0.2, 0.25) is 4.47 Å². The summed E-state index contributed by atoms with van der Waals surface area (Å²) in [6.45, 7) is 1.70. The van der Waals surface area contributed by atoms with Crippen LogP contribution in [0.1, 0.15) is 10.6 Å². The van der Waals surface area contributed by atoms with Crippen LogP contribution < -0.4 is 10.6 Å². The number of nitrogens with two attached hydrogens (primary N) is 1. The van der Waals surface area contributed by atoms with Gasteiger partial charge in [0.15, 0.2) is 0 Å². The average Bonchev–Trinajstić information content (AvgIpc) is 2.88. The fraction of sp³-hybridized carbons (Fsp3) is 0.273. The number of fused-ring (bicyclic) bond motifs is 1. The number of halogens is 1. The smallest absolute Gasteiger partial charge is 0.207 e. The van der Waals surface area contributed by atoms with Gasteiger partial charge in [-0.1, -0.05) is 23.5 Å². The van der Waals surface area contributed by atoms with Gasteiger partial charge in [-0.05, 0) is 29.7 Å². The van der Waals surface area contributed by atoms with Crippen LogP contribution in [0.3, 0.4) is 0 Å². The third kappa shape index (κ3) is 1.96. The van der Waals surface area contributed by atoms with Gasteiger partial charge in [0.2, 0.25) is 4.47 Å². The van der Waals surface area contributed by atoms with E-state index in [9.17, 15) is 0 Å². The molecule has 0 amide bonds. The molecule has 2 aromatic rings. The van der Waals surface area contributed by atoms with E-state index in [2.05, 4.69) is 21.2 Å². The van der Waals surface area contributed by atoms with Crippen molar-refractivity contribution in [3.8, 4) is 0 Å². The Labute approximate surface area is 108 Å². The highest BCUT2D eigenvalue weighted by Crippen LogP contribution is 2.34. The molecule has 0 fully saturated rings. The van der Waals surface area contributed by atoms with E-state index in [0.717, 1.165) is 35.9 Å². The lowest BCUT2D eigenvalue weighted by Crippen LogP contribution is -2.20. The molecule has 0 radical (unpaired) electrons. The normalized spacial score (nSPS) is 14.1. The first kappa shape index (κ1) is 10.8. The van der Waals surface area contributed by atoms with Crippen LogP contribution in [-0.4, -0.2) is 16.7 Å². The lowest BCUT2D eigenvalue weighted by atomic mass is 10.1. The number of para-hydroxylation sites is 1. The zero-order valence-corrected chi connectivity index (χ0v) is 10.6. The molecule has 17 heavy (non-hydrogen) atoms. The van der Waals surface area contributed by atoms with E-state index in [1.165, 1.54) is 16.9 Å². The van der Waals surface area contributed by atoms with Gasteiger partial charge in [-0.2, -0.15) is 0 Å². The van der Waals surface area contributed by atoms with Crippen molar-refractivity contribution in [2.45, 2.75) is 13.0 Å². The molecule has 0 bridgehead atoms. The van der Waals surface area contributed by atoms with Crippen LogP contribution >= 0.6 is 22.9 Å². The Hall–Kier alpha value is -1.33. The highest BCUT2D eigenvalue weighted by atomic mass is 35.5. The second kappa shape index (κ2) is 4.16. The molecule has 4 nitrogen and oxygen atoms in total. The zero-order valence-electron chi connectivity index (χ0n) is 9.06. The number of benzene rings is 1. The summed E-state index contributed by atoms with van der Waals surface area (Å²) in [5.41, 5.74) is 9.29. The van der Waals surface area contributed by atoms with Crippen molar-refractivity contribution in [2.75, 3.05) is 17.2 Å². The van der Waals surface area contributed by atoms with E-state index in [1.807, 2.05) is 12.1 Å². The average molecular weight is 267 g/mol. The van der Waals surface area contributed by atoms with Crippen LogP contribution in [-0.2, 0) is 13.0 Å². The van der Waals surface area contributed by atoms with Gasteiger partial charge >= 0.3 is 0 Å². The van der Waals surface area contributed by atoms with Crippen LogP contribution in [0.5, 0.6) is 0 Å². The molecule has 3 rings (SSSR count). The van der Waals surface area contributed by atoms with Gasteiger partial charge in [0.05, 0.1) is 17.9 Å². The number of rotatable bonds is 2. The first-order valence-electron chi connectivity index (χ1n) is 5.34. The molecule has 0 unspecified atom stereocenters. The molecule has 0 aliphatic carbocycles. The first-order chi connectivity index (χ1) is 8.24. The molecule has 0 saturated carbocycles. The quantitative estimate of drug-likeness (QED) is 0.848. The van der Waals surface area contributed by atoms with E-state index in [4.69, 9.17) is 17.3 Å². The molecule has 88 valence electrons. The fourth-order valence-electron chi connectivity index (χ4n) is 2.18. The molecule has 0 spiro atoms. The maximum Gasteiger partial charge on any atom is 0.207 e. The second-order valence-corrected chi connectivity index (χ2v) is 5.62. The topological polar surface area (TPSA) is 55.0 Å². The lowest BCUT2D eigenvalue weighted by Gasteiger charge is -2.19. The molecule has 6 heteroatoms. The molecule has 1 aromatic heterocycles. The van der Waals surface area contributed by atoms with Gasteiger partial charge in [-0.15, -0.1) is 10.2 Å². The molecule has 2 N–H and O–H groups in total. The summed E-state index contributed by atoms with van der Waals surface area (Å²) in [5, 5.41) is 8.77.